The van der Waals surface area contributed by atoms with Crippen LogP contribution >= 0.6 is 0 Å². The van der Waals surface area contributed by atoms with Gasteiger partial charge in [-0.15, -0.1) is 0 Å². The fraction of sp³-hybridized carbons (Fsp3) is 0.562. The SMILES string of the molecule is CCC(c1ccccc1)N1C[C@H](C)[C@@](C)(C(=O)O)C1. The van der Waals surface area contributed by atoms with Crippen molar-refractivity contribution in [1.29, 1.82) is 0 Å². The van der Waals surface area contributed by atoms with Crippen LogP contribution in [0, 0.1) is 11.3 Å². The maximum absolute atomic E-state index is 11.5. The number of likely N-dealkylation sites (tertiary alicyclic amines) is 1. The molecule has 1 fully saturated rings. The number of carboxylic acid groups (broad SMARTS) is 1. The highest BCUT2D eigenvalue weighted by molar-refractivity contribution is 5.75. The molecule has 1 unspecified atom stereocenters. The average molecular weight is 261 g/mol. The molecule has 0 saturated carbocycles. The summed E-state index contributed by atoms with van der Waals surface area (Å²) in [4.78, 5) is 13.8. The molecule has 3 nitrogen and oxygen atoms in total. The molecular formula is C16H23NO2. The first kappa shape index (κ1) is 14.1. The Hall–Kier alpha value is -1.35. The van der Waals surface area contributed by atoms with Crippen LogP contribution in [0.5, 0.6) is 0 Å². The van der Waals surface area contributed by atoms with E-state index in [0.29, 0.717) is 12.6 Å². The smallest absolute Gasteiger partial charge is 0.310 e. The van der Waals surface area contributed by atoms with Crippen molar-refractivity contribution >= 4 is 5.97 Å². The van der Waals surface area contributed by atoms with E-state index in [2.05, 4.69) is 24.0 Å². The lowest BCUT2D eigenvalue weighted by Crippen LogP contribution is -2.35. The predicted octanol–water partition coefficient (Wildman–Crippen LogP) is 3.18. The zero-order valence-corrected chi connectivity index (χ0v) is 12.0. The number of hydrogen-bond donors (Lipinski definition) is 1. The molecule has 3 atom stereocenters. The molecular weight excluding hydrogens is 238 g/mol. The van der Waals surface area contributed by atoms with Gasteiger partial charge in [0.2, 0.25) is 0 Å². The van der Waals surface area contributed by atoms with Crippen LogP contribution in [-0.2, 0) is 4.79 Å². The van der Waals surface area contributed by atoms with Gasteiger partial charge in [-0.05, 0) is 24.8 Å². The van der Waals surface area contributed by atoms with Gasteiger partial charge in [0.25, 0.3) is 0 Å². The predicted molar refractivity (Wildman–Crippen MR) is 76.0 cm³/mol. The number of carboxylic acids is 1. The molecule has 3 heteroatoms. The second-order valence-corrected chi connectivity index (χ2v) is 5.89. The Balaban J connectivity index is 2.21. The summed E-state index contributed by atoms with van der Waals surface area (Å²) in [5, 5.41) is 9.46. The van der Waals surface area contributed by atoms with Gasteiger partial charge >= 0.3 is 5.97 Å². The Morgan fingerprint density at radius 2 is 2.11 bits per heavy atom. The molecule has 1 saturated heterocycles. The maximum Gasteiger partial charge on any atom is 0.310 e. The zero-order valence-electron chi connectivity index (χ0n) is 12.0. The van der Waals surface area contributed by atoms with E-state index < -0.39 is 11.4 Å². The lowest BCUT2D eigenvalue weighted by atomic mass is 9.81. The molecule has 1 N–H and O–H groups in total. The van der Waals surface area contributed by atoms with E-state index >= 15 is 0 Å². The van der Waals surface area contributed by atoms with Crippen molar-refractivity contribution in [2.75, 3.05) is 13.1 Å². The van der Waals surface area contributed by atoms with Gasteiger partial charge in [0, 0.05) is 19.1 Å². The van der Waals surface area contributed by atoms with Crippen LogP contribution in [-0.4, -0.2) is 29.1 Å². The number of aliphatic carboxylic acids is 1. The minimum Gasteiger partial charge on any atom is -0.481 e. The molecule has 104 valence electrons. The molecule has 0 bridgehead atoms. The summed E-state index contributed by atoms with van der Waals surface area (Å²) in [5.41, 5.74) is 0.661. The highest BCUT2D eigenvalue weighted by atomic mass is 16.4. The summed E-state index contributed by atoms with van der Waals surface area (Å²) < 4.78 is 0. The summed E-state index contributed by atoms with van der Waals surface area (Å²) in [6.07, 6.45) is 1.01. The van der Waals surface area contributed by atoms with Crippen molar-refractivity contribution in [3.8, 4) is 0 Å². The van der Waals surface area contributed by atoms with Crippen molar-refractivity contribution in [2.45, 2.75) is 33.2 Å². The van der Waals surface area contributed by atoms with Crippen LogP contribution in [0.15, 0.2) is 30.3 Å². The van der Waals surface area contributed by atoms with E-state index in [1.807, 2.05) is 32.0 Å². The zero-order chi connectivity index (χ0) is 14.0. The van der Waals surface area contributed by atoms with E-state index in [1.165, 1.54) is 5.56 Å². The van der Waals surface area contributed by atoms with Crippen molar-refractivity contribution in [3.05, 3.63) is 35.9 Å². The fourth-order valence-corrected chi connectivity index (χ4v) is 3.09. The molecule has 0 radical (unpaired) electrons. The van der Waals surface area contributed by atoms with Gasteiger partial charge in [0.05, 0.1) is 5.41 Å². The number of rotatable bonds is 4. The second-order valence-electron chi connectivity index (χ2n) is 5.89. The number of benzene rings is 1. The molecule has 2 rings (SSSR count). The first-order valence-corrected chi connectivity index (χ1v) is 7.01. The van der Waals surface area contributed by atoms with Crippen LogP contribution < -0.4 is 0 Å². The van der Waals surface area contributed by atoms with Crippen molar-refractivity contribution in [2.24, 2.45) is 11.3 Å². The average Bonchev–Trinajstić information content (AvgIpc) is 2.69. The monoisotopic (exact) mass is 261 g/mol. The van der Waals surface area contributed by atoms with Crippen LogP contribution in [0.3, 0.4) is 0 Å². The normalized spacial score (nSPS) is 29.3. The summed E-state index contributed by atoms with van der Waals surface area (Å²) in [6.45, 7) is 7.58. The van der Waals surface area contributed by atoms with E-state index in [0.717, 1.165) is 13.0 Å². The number of hydrogen-bond acceptors (Lipinski definition) is 2. The molecule has 19 heavy (non-hydrogen) atoms. The topological polar surface area (TPSA) is 40.5 Å². The molecule has 0 aromatic heterocycles. The highest BCUT2D eigenvalue weighted by Crippen LogP contribution is 2.40. The summed E-state index contributed by atoms with van der Waals surface area (Å²) in [7, 11) is 0. The van der Waals surface area contributed by atoms with Crippen LogP contribution in [0.1, 0.15) is 38.8 Å². The third kappa shape index (κ3) is 2.52. The molecule has 1 aliphatic rings. The largest absolute Gasteiger partial charge is 0.481 e. The van der Waals surface area contributed by atoms with Crippen LogP contribution in [0.25, 0.3) is 0 Å². The Morgan fingerprint density at radius 1 is 1.47 bits per heavy atom. The molecule has 0 spiro atoms. The lowest BCUT2D eigenvalue weighted by Gasteiger charge is -2.28. The third-order valence-electron chi connectivity index (χ3n) is 4.63. The molecule has 0 amide bonds. The van der Waals surface area contributed by atoms with Gasteiger partial charge in [-0.25, -0.2) is 0 Å². The minimum absolute atomic E-state index is 0.183. The Kier molecular flexibility index (Phi) is 3.95. The van der Waals surface area contributed by atoms with Gasteiger partial charge in [0.15, 0.2) is 0 Å². The Labute approximate surface area is 115 Å². The maximum atomic E-state index is 11.5. The van der Waals surface area contributed by atoms with Gasteiger partial charge in [0.1, 0.15) is 0 Å². The molecule has 1 aromatic carbocycles. The minimum atomic E-state index is -0.676. The fourth-order valence-electron chi connectivity index (χ4n) is 3.09. The lowest BCUT2D eigenvalue weighted by molar-refractivity contribution is -0.149. The van der Waals surface area contributed by atoms with Crippen LogP contribution in [0.4, 0.5) is 0 Å². The van der Waals surface area contributed by atoms with Crippen molar-refractivity contribution < 1.29 is 9.90 Å². The van der Waals surface area contributed by atoms with Gasteiger partial charge in [-0.2, -0.15) is 0 Å². The van der Waals surface area contributed by atoms with Gasteiger partial charge in [-0.3, -0.25) is 9.69 Å². The first-order valence-electron chi connectivity index (χ1n) is 7.01. The van der Waals surface area contributed by atoms with Crippen LogP contribution in [0.2, 0.25) is 0 Å². The quantitative estimate of drug-likeness (QED) is 0.905. The van der Waals surface area contributed by atoms with Gasteiger partial charge < -0.3 is 5.11 Å². The van der Waals surface area contributed by atoms with Crippen molar-refractivity contribution in [3.63, 3.8) is 0 Å². The molecule has 1 heterocycles. The Bertz CT molecular complexity index is 445. The first-order chi connectivity index (χ1) is 8.99. The second kappa shape index (κ2) is 5.33. The van der Waals surface area contributed by atoms with Gasteiger partial charge in [-0.1, -0.05) is 44.2 Å². The van der Waals surface area contributed by atoms with E-state index in [4.69, 9.17) is 0 Å². The van der Waals surface area contributed by atoms with Crippen molar-refractivity contribution in [1.82, 2.24) is 4.90 Å². The number of carbonyl (C=O) groups is 1. The number of nitrogens with zero attached hydrogens (tertiary/aromatic N) is 1. The van der Waals surface area contributed by atoms with E-state index in [9.17, 15) is 9.90 Å². The third-order valence-corrected chi connectivity index (χ3v) is 4.63. The summed E-state index contributed by atoms with van der Waals surface area (Å²) in [6, 6.07) is 10.7. The Morgan fingerprint density at radius 3 is 2.58 bits per heavy atom. The summed E-state index contributed by atoms with van der Waals surface area (Å²) >= 11 is 0. The molecule has 1 aromatic rings. The highest BCUT2D eigenvalue weighted by Gasteiger charge is 2.47. The van der Waals surface area contributed by atoms with E-state index in [-0.39, 0.29) is 5.92 Å². The summed E-state index contributed by atoms with van der Waals surface area (Å²) in [5.74, 6) is -0.492. The standard InChI is InChI=1S/C16H23NO2/c1-4-14(13-8-6-5-7-9-13)17-10-12(2)16(3,11-17)15(18)19/h5-9,12,14H,4,10-11H2,1-3H3,(H,18,19)/t12-,14?,16-/m0/s1. The molecule has 0 aliphatic carbocycles. The molecule has 1 aliphatic heterocycles. The van der Waals surface area contributed by atoms with E-state index in [1.54, 1.807) is 0 Å².